The second-order valence-corrected chi connectivity index (χ2v) is 3.19. The van der Waals surface area contributed by atoms with Gasteiger partial charge in [0, 0.05) is 6.54 Å². The van der Waals surface area contributed by atoms with Crippen LogP contribution in [-0.4, -0.2) is 13.3 Å². The molecule has 0 fully saturated rings. The van der Waals surface area contributed by atoms with Gasteiger partial charge in [-0.05, 0) is 19.1 Å². The highest BCUT2D eigenvalue weighted by atomic mass is 14.7. The molecule has 0 amide bonds. The van der Waals surface area contributed by atoms with Gasteiger partial charge in [0.25, 0.3) is 0 Å². The number of hydrogen-bond acceptors (Lipinski definition) is 1. The highest BCUT2D eigenvalue weighted by Gasteiger charge is 1.92. The summed E-state index contributed by atoms with van der Waals surface area (Å²) in [7, 11) is 0. The Morgan fingerprint density at radius 2 is 1.90 bits per heavy atom. The third kappa shape index (κ3) is 7.67. The Morgan fingerprint density at radius 1 is 1.20 bits per heavy atom. The molecular formula is C9H19N. The van der Waals surface area contributed by atoms with Crippen LogP contribution in [0.5, 0.6) is 0 Å². The fraction of sp³-hybridized carbons (Fsp3) is 0.889. The van der Waals surface area contributed by atoms with E-state index in [0.29, 0.717) is 0 Å². The van der Waals surface area contributed by atoms with Gasteiger partial charge in [-0.2, -0.15) is 0 Å². The minimum atomic E-state index is 0.858. The zero-order valence-corrected chi connectivity index (χ0v) is 7.27. The molecule has 0 radical (unpaired) electrons. The summed E-state index contributed by atoms with van der Waals surface area (Å²) >= 11 is 0. The molecule has 1 nitrogen and oxygen atoms in total. The molecule has 0 unspecified atom stereocenters. The van der Waals surface area contributed by atoms with Gasteiger partial charge < -0.3 is 4.99 Å². The van der Waals surface area contributed by atoms with Gasteiger partial charge in [-0.15, -0.1) is 0 Å². The summed E-state index contributed by atoms with van der Waals surface area (Å²) in [6, 6.07) is 0. The lowest BCUT2D eigenvalue weighted by atomic mass is 10.1. The van der Waals surface area contributed by atoms with Crippen LogP contribution in [0.15, 0.2) is 4.99 Å². The van der Waals surface area contributed by atoms with E-state index in [0.717, 1.165) is 12.5 Å². The molecule has 0 rings (SSSR count). The quantitative estimate of drug-likeness (QED) is 0.398. The molecule has 0 saturated heterocycles. The van der Waals surface area contributed by atoms with Gasteiger partial charge in [0.05, 0.1) is 0 Å². The Labute approximate surface area is 64.6 Å². The standard InChI is InChI=1S/C9H19N/c1-9(2)7-5-4-6-8-10-3/h9H,3-8H2,1-2H3. The first-order valence-corrected chi connectivity index (χ1v) is 4.20. The zero-order chi connectivity index (χ0) is 7.82. The topological polar surface area (TPSA) is 12.4 Å². The maximum absolute atomic E-state index is 3.80. The van der Waals surface area contributed by atoms with Crippen molar-refractivity contribution < 1.29 is 0 Å². The highest BCUT2D eigenvalue weighted by Crippen LogP contribution is 2.07. The maximum Gasteiger partial charge on any atom is 0.0382 e. The van der Waals surface area contributed by atoms with Gasteiger partial charge in [-0.3, -0.25) is 0 Å². The molecule has 0 heterocycles. The van der Waals surface area contributed by atoms with Crippen molar-refractivity contribution in [3.05, 3.63) is 0 Å². The summed E-state index contributed by atoms with van der Waals surface area (Å²) in [5.41, 5.74) is 0. The van der Waals surface area contributed by atoms with E-state index in [-0.39, 0.29) is 0 Å². The molecule has 0 aromatic rings. The average Bonchev–Trinajstić information content (AvgIpc) is 1.87. The molecule has 0 saturated carbocycles. The predicted molar refractivity (Wildman–Crippen MR) is 47.7 cm³/mol. The van der Waals surface area contributed by atoms with E-state index in [2.05, 4.69) is 25.6 Å². The Kier molecular flexibility index (Phi) is 6.56. The van der Waals surface area contributed by atoms with Crippen LogP contribution in [0.1, 0.15) is 39.5 Å². The van der Waals surface area contributed by atoms with Crippen molar-refractivity contribution in [1.82, 2.24) is 0 Å². The summed E-state index contributed by atoms with van der Waals surface area (Å²) in [4.78, 5) is 3.80. The molecule has 0 aliphatic carbocycles. The van der Waals surface area contributed by atoms with Crippen molar-refractivity contribution in [3.8, 4) is 0 Å². The minimum Gasteiger partial charge on any atom is -0.301 e. The van der Waals surface area contributed by atoms with Crippen LogP contribution in [-0.2, 0) is 0 Å². The molecule has 0 spiro atoms. The molecule has 0 aliphatic heterocycles. The summed E-state index contributed by atoms with van der Waals surface area (Å²) < 4.78 is 0. The van der Waals surface area contributed by atoms with E-state index >= 15 is 0 Å². The molecule has 0 aromatic heterocycles. The molecule has 0 aliphatic rings. The van der Waals surface area contributed by atoms with Gasteiger partial charge in [0.1, 0.15) is 0 Å². The van der Waals surface area contributed by atoms with Crippen LogP contribution >= 0.6 is 0 Å². The summed E-state index contributed by atoms with van der Waals surface area (Å²) in [6.07, 6.45) is 5.25. The Hall–Kier alpha value is -0.330. The van der Waals surface area contributed by atoms with Crippen molar-refractivity contribution in [2.45, 2.75) is 39.5 Å². The normalized spacial score (nSPS) is 10.3. The van der Waals surface area contributed by atoms with Crippen molar-refractivity contribution in [2.75, 3.05) is 6.54 Å². The van der Waals surface area contributed by atoms with Crippen molar-refractivity contribution in [3.63, 3.8) is 0 Å². The van der Waals surface area contributed by atoms with Gasteiger partial charge in [0.2, 0.25) is 0 Å². The van der Waals surface area contributed by atoms with Crippen LogP contribution in [0.25, 0.3) is 0 Å². The van der Waals surface area contributed by atoms with Crippen LogP contribution in [0.2, 0.25) is 0 Å². The van der Waals surface area contributed by atoms with Gasteiger partial charge in [0.15, 0.2) is 0 Å². The largest absolute Gasteiger partial charge is 0.301 e. The van der Waals surface area contributed by atoms with Crippen LogP contribution in [0, 0.1) is 5.92 Å². The molecule has 60 valence electrons. The lowest BCUT2D eigenvalue weighted by Crippen LogP contribution is -1.87. The van der Waals surface area contributed by atoms with Crippen molar-refractivity contribution in [1.29, 1.82) is 0 Å². The third-order valence-corrected chi connectivity index (χ3v) is 1.60. The second kappa shape index (κ2) is 6.79. The molecule has 1 heteroatoms. The van der Waals surface area contributed by atoms with E-state index < -0.39 is 0 Å². The molecule has 10 heavy (non-hydrogen) atoms. The van der Waals surface area contributed by atoms with Gasteiger partial charge in [-0.1, -0.05) is 33.1 Å². The third-order valence-electron chi connectivity index (χ3n) is 1.60. The summed E-state index contributed by atoms with van der Waals surface area (Å²) in [5, 5.41) is 0. The highest BCUT2D eigenvalue weighted by molar-refractivity contribution is 5.22. The molecular weight excluding hydrogens is 122 g/mol. The first-order valence-electron chi connectivity index (χ1n) is 4.20. The predicted octanol–water partition coefficient (Wildman–Crippen LogP) is 2.90. The van der Waals surface area contributed by atoms with Crippen LogP contribution in [0.3, 0.4) is 0 Å². The first kappa shape index (κ1) is 9.67. The smallest absolute Gasteiger partial charge is 0.0382 e. The number of unbranched alkanes of at least 4 members (excludes halogenated alkanes) is 2. The summed E-state index contributed by atoms with van der Waals surface area (Å²) in [6.45, 7) is 8.93. The lowest BCUT2D eigenvalue weighted by Gasteiger charge is -2.01. The molecule has 0 aromatic carbocycles. The molecule has 0 bridgehead atoms. The lowest BCUT2D eigenvalue weighted by molar-refractivity contribution is 0.530. The Bertz CT molecular complexity index is 76.8. The first-order chi connectivity index (χ1) is 4.77. The number of rotatable bonds is 6. The fourth-order valence-corrected chi connectivity index (χ4v) is 0.953. The van der Waals surface area contributed by atoms with Crippen LogP contribution < -0.4 is 0 Å². The van der Waals surface area contributed by atoms with E-state index in [1.54, 1.807) is 0 Å². The maximum atomic E-state index is 3.80. The summed E-state index contributed by atoms with van der Waals surface area (Å²) in [5.74, 6) is 0.858. The molecule has 0 atom stereocenters. The Morgan fingerprint density at radius 3 is 2.40 bits per heavy atom. The van der Waals surface area contributed by atoms with Crippen LogP contribution in [0.4, 0.5) is 0 Å². The fourth-order valence-electron chi connectivity index (χ4n) is 0.953. The Balaban J connectivity index is 2.83. The van der Waals surface area contributed by atoms with Gasteiger partial charge in [-0.25, -0.2) is 0 Å². The van der Waals surface area contributed by atoms with E-state index in [1.807, 2.05) is 0 Å². The second-order valence-electron chi connectivity index (χ2n) is 3.19. The van der Waals surface area contributed by atoms with E-state index in [4.69, 9.17) is 0 Å². The number of aliphatic imine (C=N–C) groups is 1. The number of hydrogen-bond donors (Lipinski definition) is 0. The van der Waals surface area contributed by atoms with Crippen molar-refractivity contribution >= 4 is 6.72 Å². The van der Waals surface area contributed by atoms with E-state index in [9.17, 15) is 0 Å². The molecule has 0 N–H and O–H groups in total. The van der Waals surface area contributed by atoms with Gasteiger partial charge >= 0.3 is 0 Å². The monoisotopic (exact) mass is 141 g/mol. The minimum absolute atomic E-state index is 0.858. The van der Waals surface area contributed by atoms with Crippen molar-refractivity contribution in [2.24, 2.45) is 10.9 Å². The van der Waals surface area contributed by atoms with E-state index in [1.165, 1.54) is 25.7 Å². The number of nitrogens with zero attached hydrogens (tertiary/aromatic N) is 1. The average molecular weight is 141 g/mol. The zero-order valence-electron chi connectivity index (χ0n) is 7.27. The SMILES string of the molecule is C=NCCCCCC(C)C.